The number of nitrogens with zero attached hydrogens (tertiary/aromatic N) is 5. The van der Waals surface area contributed by atoms with Crippen LogP contribution in [0.25, 0.3) is 0 Å². The van der Waals surface area contributed by atoms with E-state index in [0.29, 0.717) is 12.2 Å². The standard InChI is InChI=1S/C14H21N5O2/c1-5-7-12-13(14(20)21-4)15-17-19(12)9-11-8-10(3)16-18(11)6-2/h8H,5-7,9H2,1-4H3. The number of rotatable bonds is 6. The molecule has 0 N–H and O–H groups in total. The van der Waals surface area contributed by atoms with Crippen LogP contribution in [0, 0.1) is 6.92 Å². The van der Waals surface area contributed by atoms with Crippen molar-refractivity contribution in [2.45, 2.75) is 46.7 Å². The van der Waals surface area contributed by atoms with Crippen LogP contribution >= 0.6 is 0 Å². The molecule has 2 aromatic heterocycles. The van der Waals surface area contributed by atoms with E-state index in [1.165, 1.54) is 7.11 Å². The first-order valence-electron chi connectivity index (χ1n) is 7.14. The van der Waals surface area contributed by atoms with Crippen molar-refractivity contribution in [1.82, 2.24) is 24.8 Å². The number of carbonyl (C=O) groups excluding carboxylic acids is 1. The zero-order chi connectivity index (χ0) is 15.4. The molecule has 2 rings (SSSR count). The summed E-state index contributed by atoms with van der Waals surface area (Å²) in [7, 11) is 1.35. The van der Waals surface area contributed by atoms with Crippen molar-refractivity contribution in [2.75, 3.05) is 7.11 Å². The number of ether oxygens (including phenoxy) is 1. The molecule has 114 valence electrons. The highest BCUT2D eigenvalue weighted by atomic mass is 16.5. The van der Waals surface area contributed by atoms with E-state index < -0.39 is 5.97 Å². The van der Waals surface area contributed by atoms with Crippen molar-refractivity contribution >= 4 is 5.97 Å². The van der Waals surface area contributed by atoms with E-state index in [1.807, 2.05) is 24.6 Å². The minimum atomic E-state index is -0.440. The Kier molecular flexibility index (Phi) is 4.72. The van der Waals surface area contributed by atoms with E-state index in [-0.39, 0.29) is 0 Å². The molecule has 2 heterocycles. The van der Waals surface area contributed by atoms with Gasteiger partial charge >= 0.3 is 5.97 Å². The van der Waals surface area contributed by atoms with Gasteiger partial charge in [-0.3, -0.25) is 4.68 Å². The minimum absolute atomic E-state index is 0.304. The number of methoxy groups -OCH3 is 1. The Morgan fingerprint density at radius 1 is 1.33 bits per heavy atom. The average molecular weight is 291 g/mol. The molecule has 2 aromatic rings. The number of hydrogen-bond acceptors (Lipinski definition) is 5. The van der Waals surface area contributed by atoms with Gasteiger partial charge in [0.15, 0.2) is 5.69 Å². The van der Waals surface area contributed by atoms with Gasteiger partial charge in [0.05, 0.1) is 30.7 Å². The predicted molar refractivity (Wildman–Crippen MR) is 77.1 cm³/mol. The summed E-state index contributed by atoms with van der Waals surface area (Å²) in [6.45, 7) is 7.41. The molecule has 0 fully saturated rings. The summed E-state index contributed by atoms with van der Waals surface area (Å²) >= 11 is 0. The molecule has 0 aliphatic heterocycles. The summed E-state index contributed by atoms with van der Waals surface area (Å²) in [5.74, 6) is -0.440. The normalized spacial score (nSPS) is 10.9. The van der Waals surface area contributed by atoms with Crippen LogP contribution in [-0.4, -0.2) is 37.9 Å². The van der Waals surface area contributed by atoms with Gasteiger partial charge in [0.25, 0.3) is 0 Å². The van der Waals surface area contributed by atoms with Gasteiger partial charge < -0.3 is 4.74 Å². The van der Waals surface area contributed by atoms with Crippen molar-refractivity contribution < 1.29 is 9.53 Å². The van der Waals surface area contributed by atoms with Crippen LogP contribution in [0.15, 0.2) is 6.07 Å². The molecular weight excluding hydrogens is 270 g/mol. The molecule has 0 atom stereocenters. The van der Waals surface area contributed by atoms with Crippen molar-refractivity contribution in [3.05, 3.63) is 28.8 Å². The van der Waals surface area contributed by atoms with Gasteiger partial charge in [0.2, 0.25) is 0 Å². The predicted octanol–water partition coefficient (Wildman–Crippen LogP) is 1.59. The number of carbonyl (C=O) groups is 1. The van der Waals surface area contributed by atoms with Gasteiger partial charge in [-0.2, -0.15) is 5.10 Å². The first kappa shape index (κ1) is 15.2. The van der Waals surface area contributed by atoms with Gasteiger partial charge in [0, 0.05) is 6.54 Å². The smallest absolute Gasteiger partial charge is 0.360 e. The highest BCUT2D eigenvalue weighted by Gasteiger charge is 2.20. The van der Waals surface area contributed by atoms with Crippen molar-refractivity contribution in [1.29, 1.82) is 0 Å². The van der Waals surface area contributed by atoms with Gasteiger partial charge in [-0.05, 0) is 26.3 Å². The fourth-order valence-corrected chi connectivity index (χ4v) is 2.35. The largest absolute Gasteiger partial charge is 0.464 e. The highest BCUT2D eigenvalue weighted by Crippen LogP contribution is 2.13. The van der Waals surface area contributed by atoms with Crippen LogP contribution in [0.1, 0.15) is 47.8 Å². The molecule has 0 aliphatic carbocycles. The van der Waals surface area contributed by atoms with Crippen LogP contribution in [0.2, 0.25) is 0 Å². The SMILES string of the molecule is CCCc1c(C(=O)OC)nnn1Cc1cc(C)nn1CC. The van der Waals surface area contributed by atoms with Crippen molar-refractivity contribution in [2.24, 2.45) is 0 Å². The Labute approximate surface area is 123 Å². The topological polar surface area (TPSA) is 74.8 Å². The Morgan fingerprint density at radius 2 is 2.10 bits per heavy atom. The Bertz CT molecular complexity index is 629. The first-order chi connectivity index (χ1) is 10.1. The number of hydrogen-bond donors (Lipinski definition) is 0. The van der Waals surface area contributed by atoms with E-state index >= 15 is 0 Å². The summed E-state index contributed by atoms with van der Waals surface area (Å²) in [4.78, 5) is 11.7. The minimum Gasteiger partial charge on any atom is -0.464 e. The Hall–Kier alpha value is -2.18. The van der Waals surface area contributed by atoms with Gasteiger partial charge in [-0.25, -0.2) is 9.48 Å². The molecule has 0 saturated heterocycles. The van der Waals surface area contributed by atoms with Crippen molar-refractivity contribution in [3.8, 4) is 0 Å². The molecule has 21 heavy (non-hydrogen) atoms. The Balaban J connectivity index is 2.35. The second kappa shape index (κ2) is 6.51. The lowest BCUT2D eigenvalue weighted by Gasteiger charge is -2.08. The summed E-state index contributed by atoms with van der Waals surface area (Å²) < 4.78 is 8.46. The Morgan fingerprint density at radius 3 is 2.71 bits per heavy atom. The fraction of sp³-hybridized carbons (Fsp3) is 0.571. The van der Waals surface area contributed by atoms with Crippen LogP contribution in [-0.2, 0) is 24.2 Å². The molecule has 7 nitrogen and oxygen atoms in total. The maximum Gasteiger partial charge on any atom is 0.360 e. The summed E-state index contributed by atoms with van der Waals surface area (Å²) in [5, 5.41) is 12.5. The molecule has 0 unspecified atom stereocenters. The zero-order valence-electron chi connectivity index (χ0n) is 13.0. The van der Waals surface area contributed by atoms with Crippen LogP contribution in [0.5, 0.6) is 0 Å². The van der Waals surface area contributed by atoms with Crippen molar-refractivity contribution in [3.63, 3.8) is 0 Å². The molecule has 0 aromatic carbocycles. The van der Waals surface area contributed by atoms with Crippen LogP contribution in [0.4, 0.5) is 0 Å². The third-order valence-corrected chi connectivity index (χ3v) is 3.30. The highest BCUT2D eigenvalue weighted by molar-refractivity contribution is 5.88. The van der Waals surface area contributed by atoms with Gasteiger partial charge in [-0.1, -0.05) is 18.6 Å². The van der Waals surface area contributed by atoms with Crippen LogP contribution < -0.4 is 0 Å². The molecule has 0 amide bonds. The molecule has 0 spiro atoms. The van der Waals surface area contributed by atoms with Gasteiger partial charge in [-0.15, -0.1) is 5.10 Å². The van der Waals surface area contributed by atoms with E-state index in [9.17, 15) is 4.79 Å². The number of aryl methyl sites for hydroxylation is 2. The monoisotopic (exact) mass is 291 g/mol. The lowest BCUT2D eigenvalue weighted by molar-refractivity contribution is 0.0592. The molecule has 0 aliphatic rings. The lowest BCUT2D eigenvalue weighted by atomic mass is 10.2. The lowest BCUT2D eigenvalue weighted by Crippen LogP contribution is -2.13. The summed E-state index contributed by atoms with van der Waals surface area (Å²) in [6.07, 6.45) is 1.64. The maximum atomic E-state index is 11.7. The second-order valence-corrected chi connectivity index (χ2v) is 4.88. The van der Waals surface area contributed by atoms with E-state index in [0.717, 1.165) is 36.5 Å². The number of esters is 1. The quantitative estimate of drug-likeness (QED) is 0.756. The molecule has 0 bridgehead atoms. The maximum absolute atomic E-state index is 11.7. The third-order valence-electron chi connectivity index (χ3n) is 3.30. The van der Waals surface area contributed by atoms with Gasteiger partial charge in [0.1, 0.15) is 0 Å². The summed E-state index contributed by atoms with van der Waals surface area (Å²) in [6, 6.07) is 2.03. The average Bonchev–Trinajstić information content (AvgIpc) is 3.03. The second-order valence-electron chi connectivity index (χ2n) is 4.88. The molecule has 0 radical (unpaired) electrons. The van der Waals surface area contributed by atoms with E-state index in [2.05, 4.69) is 22.3 Å². The first-order valence-corrected chi connectivity index (χ1v) is 7.14. The summed E-state index contributed by atoms with van der Waals surface area (Å²) in [5.41, 5.74) is 3.13. The van der Waals surface area contributed by atoms with Crippen LogP contribution in [0.3, 0.4) is 0 Å². The molecule has 0 saturated carbocycles. The third kappa shape index (κ3) is 3.12. The van der Waals surface area contributed by atoms with E-state index in [4.69, 9.17) is 4.74 Å². The number of aromatic nitrogens is 5. The zero-order valence-corrected chi connectivity index (χ0v) is 13.0. The fourth-order valence-electron chi connectivity index (χ4n) is 2.35. The van der Waals surface area contributed by atoms with E-state index in [1.54, 1.807) is 4.68 Å². The molecule has 7 heteroatoms. The molecular formula is C14H21N5O2.